The van der Waals surface area contributed by atoms with Gasteiger partial charge in [-0.2, -0.15) is 5.10 Å². The lowest BCUT2D eigenvalue weighted by atomic mass is 10.3. The highest BCUT2D eigenvalue weighted by molar-refractivity contribution is 5.43. The number of nitrogens with zero attached hydrogens (tertiary/aromatic N) is 4. The fourth-order valence-corrected chi connectivity index (χ4v) is 2.60. The van der Waals surface area contributed by atoms with Gasteiger partial charge in [0.1, 0.15) is 12.4 Å². The summed E-state index contributed by atoms with van der Waals surface area (Å²) in [5.41, 5.74) is 0.821. The fraction of sp³-hybridized carbons (Fsp3) is 0.412. The van der Waals surface area contributed by atoms with Gasteiger partial charge < -0.3 is 14.5 Å². The smallest absolute Gasteiger partial charge is 0.268 e. The van der Waals surface area contributed by atoms with Crippen LogP contribution in [0, 0.1) is 0 Å². The number of rotatable bonds is 5. The molecule has 0 amide bonds. The van der Waals surface area contributed by atoms with Crippen molar-refractivity contribution in [2.24, 2.45) is 0 Å². The van der Waals surface area contributed by atoms with Gasteiger partial charge in [0.2, 0.25) is 0 Å². The number of likely N-dealkylation sites (N-methyl/N-ethyl adjacent to an activating group) is 1. The number of piperazine rings is 1. The Bertz CT molecular complexity index is 678. The first-order chi connectivity index (χ1) is 11.2. The molecule has 23 heavy (non-hydrogen) atoms. The van der Waals surface area contributed by atoms with Gasteiger partial charge in [-0.1, -0.05) is 18.2 Å². The highest BCUT2D eigenvalue weighted by atomic mass is 16.5. The standard InChI is InChI=1S/C17H22N4O2/c1-19-7-9-20(10-8-19)15-13-17(22)21(18-14-15)11-12-23-16-5-3-2-4-6-16/h2-6,13-14H,7-12H2,1H3. The maximum atomic E-state index is 12.2. The van der Waals surface area contributed by atoms with Crippen molar-refractivity contribution in [3.8, 4) is 5.75 Å². The molecule has 0 saturated carbocycles. The Balaban J connectivity index is 1.58. The molecule has 0 aliphatic carbocycles. The molecule has 0 spiro atoms. The van der Waals surface area contributed by atoms with Crippen molar-refractivity contribution in [2.75, 3.05) is 44.7 Å². The normalized spacial score (nSPS) is 15.6. The third-order valence-electron chi connectivity index (χ3n) is 4.04. The third kappa shape index (κ3) is 4.10. The second kappa shape index (κ2) is 7.28. The number of anilines is 1. The van der Waals surface area contributed by atoms with Crippen LogP contribution in [-0.2, 0) is 6.54 Å². The lowest BCUT2D eigenvalue weighted by Crippen LogP contribution is -2.45. The molecule has 0 N–H and O–H groups in total. The number of ether oxygens (including phenoxy) is 1. The lowest BCUT2D eigenvalue weighted by molar-refractivity contribution is 0.287. The topological polar surface area (TPSA) is 50.6 Å². The highest BCUT2D eigenvalue weighted by Crippen LogP contribution is 2.12. The maximum Gasteiger partial charge on any atom is 0.268 e. The Morgan fingerprint density at radius 1 is 1.13 bits per heavy atom. The number of hydrogen-bond donors (Lipinski definition) is 0. The average molecular weight is 314 g/mol. The van der Waals surface area contributed by atoms with Gasteiger partial charge in [-0.25, -0.2) is 4.68 Å². The first kappa shape index (κ1) is 15.6. The molecule has 1 aromatic carbocycles. The van der Waals surface area contributed by atoms with Gasteiger partial charge in [-0.05, 0) is 19.2 Å². The van der Waals surface area contributed by atoms with Gasteiger partial charge in [0.15, 0.2) is 0 Å². The van der Waals surface area contributed by atoms with E-state index in [0.29, 0.717) is 13.2 Å². The van der Waals surface area contributed by atoms with Crippen molar-refractivity contribution in [3.63, 3.8) is 0 Å². The van der Waals surface area contributed by atoms with Crippen LogP contribution in [0.1, 0.15) is 0 Å². The van der Waals surface area contributed by atoms with Crippen LogP contribution in [0.4, 0.5) is 5.69 Å². The zero-order valence-electron chi connectivity index (χ0n) is 13.4. The van der Waals surface area contributed by atoms with Crippen LogP contribution in [0.15, 0.2) is 47.4 Å². The summed E-state index contributed by atoms with van der Waals surface area (Å²) in [5.74, 6) is 0.801. The minimum absolute atomic E-state index is 0.0851. The molecule has 1 fully saturated rings. The van der Waals surface area contributed by atoms with E-state index in [4.69, 9.17) is 4.74 Å². The van der Waals surface area contributed by atoms with E-state index in [2.05, 4.69) is 21.9 Å². The van der Waals surface area contributed by atoms with Gasteiger partial charge >= 0.3 is 0 Å². The van der Waals surface area contributed by atoms with E-state index < -0.39 is 0 Å². The van der Waals surface area contributed by atoms with Crippen LogP contribution in [0.25, 0.3) is 0 Å². The molecule has 1 aromatic heterocycles. The Morgan fingerprint density at radius 3 is 2.57 bits per heavy atom. The van der Waals surface area contributed by atoms with Crippen molar-refractivity contribution in [1.29, 1.82) is 0 Å². The van der Waals surface area contributed by atoms with E-state index >= 15 is 0 Å². The molecule has 1 aliphatic heterocycles. The van der Waals surface area contributed by atoms with Crippen LogP contribution >= 0.6 is 0 Å². The zero-order chi connectivity index (χ0) is 16.1. The second-order valence-electron chi connectivity index (χ2n) is 5.73. The molecule has 0 atom stereocenters. The summed E-state index contributed by atoms with van der Waals surface area (Å²) in [5, 5.41) is 4.27. The highest BCUT2D eigenvalue weighted by Gasteiger charge is 2.15. The maximum absolute atomic E-state index is 12.2. The third-order valence-corrected chi connectivity index (χ3v) is 4.04. The summed E-state index contributed by atoms with van der Waals surface area (Å²) in [6.07, 6.45) is 1.77. The Labute approximate surface area is 135 Å². The molecule has 6 heteroatoms. The molecule has 122 valence electrons. The first-order valence-corrected chi connectivity index (χ1v) is 7.91. The van der Waals surface area contributed by atoms with Gasteiger partial charge in [0.05, 0.1) is 18.4 Å². The van der Waals surface area contributed by atoms with Crippen molar-refractivity contribution in [3.05, 3.63) is 52.9 Å². The fourth-order valence-electron chi connectivity index (χ4n) is 2.60. The monoisotopic (exact) mass is 314 g/mol. The number of hydrogen-bond acceptors (Lipinski definition) is 5. The van der Waals surface area contributed by atoms with E-state index in [0.717, 1.165) is 37.6 Å². The van der Waals surface area contributed by atoms with Crippen molar-refractivity contribution in [1.82, 2.24) is 14.7 Å². The van der Waals surface area contributed by atoms with E-state index in [9.17, 15) is 4.79 Å². The summed E-state index contributed by atoms with van der Waals surface area (Å²) in [6, 6.07) is 11.2. The number of aromatic nitrogens is 2. The van der Waals surface area contributed by atoms with Gasteiger partial charge in [0.25, 0.3) is 5.56 Å². The summed E-state index contributed by atoms with van der Waals surface area (Å²) < 4.78 is 7.05. The van der Waals surface area contributed by atoms with E-state index in [-0.39, 0.29) is 5.56 Å². The van der Waals surface area contributed by atoms with Crippen LogP contribution in [-0.4, -0.2) is 54.5 Å². The number of para-hydroxylation sites is 1. The molecule has 0 unspecified atom stereocenters. The van der Waals surface area contributed by atoms with Gasteiger partial charge in [-0.3, -0.25) is 4.79 Å². The van der Waals surface area contributed by atoms with Crippen LogP contribution in [0.2, 0.25) is 0 Å². The van der Waals surface area contributed by atoms with E-state index in [1.54, 1.807) is 12.3 Å². The number of benzene rings is 1. The largest absolute Gasteiger partial charge is 0.492 e. The van der Waals surface area contributed by atoms with Crippen molar-refractivity contribution < 1.29 is 4.74 Å². The predicted octanol–water partition coefficient (Wildman–Crippen LogP) is 1.07. The molecule has 0 bridgehead atoms. The summed E-state index contributed by atoms with van der Waals surface area (Å²) >= 11 is 0. The Morgan fingerprint density at radius 2 is 1.87 bits per heavy atom. The molecule has 1 saturated heterocycles. The molecule has 1 aliphatic rings. The summed E-state index contributed by atoms with van der Waals surface area (Å²) in [4.78, 5) is 16.7. The van der Waals surface area contributed by atoms with Crippen LogP contribution < -0.4 is 15.2 Å². The summed E-state index contributed by atoms with van der Waals surface area (Å²) in [6.45, 7) is 4.74. The second-order valence-corrected chi connectivity index (χ2v) is 5.73. The van der Waals surface area contributed by atoms with Crippen molar-refractivity contribution in [2.45, 2.75) is 6.54 Å². The average Bonchev–Trinajstić information content (AvgIpc) is 2.58. The van der Waals surface area contributed by atoms with Gasteiger partial charge in [-0.15, -0.1) is 0 Å². The molecular formula is C17H22N4O2. The lowest BCUT2D eigenvalue weighted by Gasteiger charge is -2.33. The first-order valence-electron chi connectivity index (χ1n) is 7.91. The van der Waals surface area contributed by atoms with Crippen LogP contribution in [0.5, 0.6) is 5.75 Å². The Hall–Kier alpha value is -2.34. The molecule has 0 radical (unpaired) electrons. The Kier molecular flexibility index (Phi) is 4.92. The SMILES string of the molecule is CN1CCN(c2cnn(CCOc3ccccc3)c(=O)c2)CC1. The van der Waals surface area contributed by atoms with Crippen molar-refractivity contribution >= 4 is 5.69 Å². The molecule has 2 heterocycles. The molecule has 6 nitrogen and oxygen atoms in total. The molecule has 3 rings (SSSR count). The van der Waals surface area contributed by atoms with Crippen LogP contribution in [0.3, 0.4) is 0 Å². The van der Waals surface area contributed by atoms with Gasteiger partial charge in [0, 0.05) is 32.2 Å². The minimum atomic E-state index is -0.0851. The predicted molar refractivity (Wildman–Crippen MR) is 90.1 cm³/mol. The molecular weight excluding hydrogens is 292 g/mol. The minimum Gasteiger partial charge on any atom is -0.492 e. The van der Waals surface area contributed by atoms with E-state index in [1.807, 2.05) is 30.3 Å². The summed E-state index contributed by atoms with van der Waals surface area (Å²) in [7, 11) is 2.11. The van der Waals surface area contributed by atoms with E-state index in [1.165, 1.54) is 4.68 Å². The zero-order valence-corrected chi connectivity index (χ0v) is 13.4. The molecule has 2 aromatic rings. The quantitative estimate of drug-likeness (QED) is 0.826.